The number of aliphatic hydroxyl groups is 1. The summed E-state index contributed by atoms with van der Waals surface area (Å²) >= 11 is 0. The second-order valence-corrected chi connectivity index (χ2v) is 4.47. The Balaban J connectivity index is 2.71. The average Bonchev–Trinajstić information content (AvgIpc) is 2.67. The molecule has 1 N–H and O–H groups in total. The second-order valence-electron chi connectivity index (χ2n) is 4.47. The van der Waals surface area contributed by atoms with E-state index >= 15 is 0 Å². The maximum absolute atomic E-state index is 10.2. The number of hydrogen-bond donors (Lipinski definition) is 1. The summed E-state index contributed by atoms with van der Waals surface area (Å²) in [6, 6.07) is 2.02. The fourth-order valence-corrected chi connectivity index (χ4v) is 2.09. The van der Waals surface area contributed by atoms with Crippen LogP contribution in [0, 0.1) is 5.92 Å². The molecule has 16 heavy (non-hydrogen) atoms. The van der Waals surface area contributed by atoms with Crippen molar-refractivity contribution in [2.24, 2.45) is 13.0 Å². The molecule has 3 heteroatoms. The Morgan fingerprint density at radius 1 is 1.31 bits per heavy atom. The zero-order chi connectivity index (χ0) is 12.1. The van der Waals surface area contributed by atoms with Gasteiger partial charge in [0.2, 0.25) is 0 Å². The zero-order valence-electron chi connectivity index (χ0n) is 10.9. The molecule has 0 spiro atoms. The van der Waals surface area contributed by atoms with Crippen molar-refractivity contribution in [1.29, 1.82) is 0 Å². The Hall–Kier alpha value is -0.830. The predicted octanol–water partition coefficient (Wildman–Crippen LogP) is 2.84. The van der Waals surface area contributed by atoms with E-state index in [0.29, 0.717) is 5.92 Å². The highest BCUT2D eigenvalue weighted by atomic mass is 16.3. The molecule has 1 heterocycles. The quantitative estimate of drug-likeness (QED) is 0.807. The molecule has 1 rings (SSSR count). The molecule has 0 fully saturated rings. The number of nitrogens with zero attached hydrogens (tertiary/aromatic N) is 2. The number of aryl methyl sites for hydroxylation is 2. The zero-order valence-corrected chi connectivity index (χ0v) is 10.9. The lowest BCUT2D eigenvalue weighted by atomic mass is 9.95. The van der Waals surface area contributed by atoms with E-state index in [0.717, 1.165) is 37.1 Å². The Morgan fingerprint density at radius 2 is 1.94 bits per heavy atom. The molecule has 0 bridgehead atoms. The summed E-state index contributed by atoms with van der Waals surface area (Å²) in [6.45, 7) is 6.45. The fourth-order valence-electron chi connectivity index (χ4n) is 2.09. The maximum atomic E-state index is 10.2. The molecule has 3 nitrogen and oxygen atoms in total. The van der Waals surface area contributed by atoms with Crippen LogP contribution in [0.5, 0.6) is 0 Å². The van der Waals surface area contributed by atoms with Gasteiger partial charge in [-0.2, -0.15) is 5.10 Å². The van der Waals surface area contributed by atoms with Crippen molar-refractivity contribution in [1.82, 2.24) is 9.78 Å². The highest BCUT2D eigenvalue weighted by Gasteiger charge is 2.17. The minimum atomic E-state index is -0.373. The van der Waals surface area contributed by atoms with Gasteiger partial charge in [-0.3, -0.25) is 4.68 Å². The summed E-state index contributed by atoms with van der Waals surface area (Å²) in [5.41, 5.74) is 2.00. The molecular formula is C13H24N2O. The largest absolute Gasteiger partial charge is 0.387 e. The lowest BCUT2D eigenvalue weighted by Crippen LogP contribution is -2.10. The van der Waals surface area contributed by atoms with E-state index in [4.69, 9.17) is 0 Å². The van der Waals surface area contributed by atoms with Crippen molar-refractivity contribution in [3.05, 3.63) is 17.5 Å². The van der Waals surface area contributed by atoms with Crippen molar-refractivity contribution in [3.8, 4) is 0 Å². The normalized spacial score (nSPS) is 13.4. The summed E-state index contributed by atoms with van der Waals surface area (Å²) in [5, 5.41) is 14.5. The van der Waals surface area contributed by atoms with Crippen molar-refractivity contribution in [3.63, 3.8) is 0 Å². The molecule has 0 saturated heterocycles. The molecule has 0 aliphatic heterocycles. The van der Waals surface area contributed by atoms with Crippen LogP contribution in [0.3, 0.4) is 0 Å². The first-order valence-corrected chi connectivity index (χ1v) is 6.33. The molecule has 0 radical (unpaired) electrons. The summed E-state index contributed by atoms with van der Waals surface area (Å²) in [7, 11) is 1.91. The van der Waals surface area contributed by atoms with Crippen LogP contribution in [0.25, 0.3) is 0 Å². The maximum Gasteiger partial charge on any atom is 0.0959 e. The molecule has 0 amide bonds. The lowest BCUT2D eigenvalue weighted by molar-refractivity contribution is 0.132. The predicted molar refractivity (Wildman–Crippen MR) is 66.2 cm³/mol. The number of aromatic nitrogens is 2. The minimum absolute atomic E-state index is 0.373. The minimum Gasteiger partial charge on any atom is -0.387 e. The third-order valence-corrected chi connectivity index (χ3v) is 3.38. The Morgan fingerprint density at radius 3 is 2.38 bits per heavy atom. The monoisotopic (exact) mass is 224 g/mol. The number of rotatable bonds is 6. The number of hydrogen-bond acceptors (Lipinski definition) is 2. The van der Waals surface area contributed by atoms with Crippen LogP contribution < -0.4 is 0 Å². The van der Waals surface area contributed by atoms with Crippen molar-refractivity contribution >= 4 is 0 Å². The van der Waals surface area contributed by atoms with Crippen LogP contribution >= 0.6 is 0 Å². The van der Waals surface area contributed by atoms with Crippen molar-refractivity contribution in [2.75, 3.05) is 0 Å². The van der Waals surface area contributed by atoms with Crippen molar-refractivity contribution < 1.29 is 5.11 Å². The molecular weight excluding hydrogens is 200 g/mol. The van der Waals surface area contributed by atoms with Gasteiger partial charge < -0.3 is 5.11 Å². The van der Waals surface area contributed by atoms with E-state index in [2.05, 4.69) is 25.9 Å². The van der Waals surface area contributed by atoms with Gasteiger partial charge in [0.05, 0.1) is 17.5 Å². The van der Waals surface area contributed by atoms with E-state index < -0.39 is 0 Å². The van der Waals surface area contributed by atoms with Gasteiger partial charge in [0, 0.05) is 7.05 Å². The van der Waals surface area contributed by atoms with E-state index in [1.165, 1.54) is 0 Å². The third-order valence-electron chi connectivity index (χ3n) is 3.38. The van der Waals surface area contributed by atoms with E-state index in [1.807, 2.05) is 17.8 Å². The van der Waals surface area contributed by atoms with Gasteiger partial charge in [-0.1, -0.05) is 33.6 Å². The van der Waals surface area contributed by atoms with Gasteiger partial charge in [0.15, 0.2) is 0 Å². The van der Waals surface area contributed by atoms with Crippen LogP contribution in [0.2, 0.25) is 0 Å². The van der Waals surface area contributed by atoms with E-state index in [-0.39, 0.29) is 6.10 Å². The summed E-state index contributed by atoms with van der Waals surface area (Å²) < 4.78 is 1.81. The topological polar surface area (TPSA) is 38.0 Å². The second kappa shape index (κ2) is 6.04. The highest BCUT2D eigenvalue weighted by molar-refractivity contribution is 5.12. The molecule has 0 aliphatic carbocycles. The standard InChI is InChI=1S/C13H24N2O/c1-5-10(6-2)8-13(16)12-9-11(7-3)14-15(12)4/h9-10,13,16H,5-8H2,1-4H3. The Bertz CT molecular complexity index is 316. The van der Waals surface area contributed by atoms with Gasteiger partial charge in [-0.05, 0) is 24.8 Å². The Kier molecular flexibility index (Phi) is 5.00. The first-order valence-electron chi connectivity index (χ1n) is 6.33. The molecule has 1 aromatic rings. The molecule has 1 atom stereocenters. The SMILES string of the molecule is CCc1cc(C(O)CC(CC)CC)n(C)n1. The Labute approximate surface area is 98.5 Å². The fraction of sp³-hybridized carbons (Fsp3) is 0.769. The summed E-state index contributed by atoms with van der Waals surface area (Å²) in [5.74, 6) is 0.606. The third kappa shape index (κ3) is 3.08. The summed E-state index contributed by atoms with van der Waals surface area (Å²) in [6.07, 6.45) is 3.65. The van der Waals surface area contributed by atoms with E-state index in [9.17, 15) is 5.11 Å². The lowest BCUT2D eigenvalue weighted by Gasteiger charge is -2.17. The summed E-state index contributed by atoms with van der Waals surface area (Å²) in [4.78, 5) is 0. The van der Waals surface area contributed by atoms with Crippen LogP contribution in [0.4, 0.5) is 0 Å². The number of aliphatic hydroxyl groups excluding tert-OH is 1. The van der Waals surface area contributed by atoms with Gasteiger partial charge in [0.25, 0.3) is 0 Å². The van der Waals surface area contributed by atoms with Crippen LogP contribution in [0.1, 0.15) is 57.5 Å². The van der Waals surface area contributed by atoms with Crippen molar-refractivity contribution in [2.45, 2.75) is 52.6 Å². The van der Waals surface area contributed by atoms with E-state index in [1.54, 1.807) is 0 Å². The highest BCUT2D eigenvalue weighted by Crippen LogP contribution is 2.25. The van der Waals surface area contributed by atoms with Gasteiger partial charge in [-0.25, -0.2) is 0 Å². The smallest absolute Gasteiger partial charge is 0.0959 e. The van der Waals surface area contributed by atoms with Crippen LogP contribution in [-0.2, 0) is 13.5 Å². The van der Waals surface area contributed by atoms with Crippen LogP contribution in [-0.4, -0.2) is 14.9 Å². The molecule has 1 unspecified atom stereocenters. The van der Waals surface area contributed by atoms with Gasteiger partial charge in [-0.15, -0.1) is 0 Å². The molecule has 92 valence electrons. The van der Waals surface area contributed by atoms with Crippen LogP contribution in [0.15, 0.2) is 6.07 Å². The molecule has 0 saturated carbocycles. The van der Waals surface area contributed by atoms with Gasteiger partial charge >= 0.3 is 0 Å². The van der Waals surface area contributed by atoms with Gasteiger partial charge in [0.1, 0.15) is 0 Å². The molecule has 1 aromatic heterocycles. The first kappa shape index (κ1) is 13.2. The average molecular weight is 224 g/mol. The molecule has 0 aliphatic rings. The first-order chi connectivity index (χ1) is 7.62. The molecule has 0 aromatic carbocycles.